The molecule has 29 heavy (non-hydrogen) atoms. The molecule has 1 atom stereocenters. The number of hydrogen-bond donors (Lipinski definition) is 1. The fourth-order valence-electron chi connectivity index (χ4n) is 3.86. The van der Waals surface area contributed by atoms with E-state index in [4.69, 9.17) is 0 Å². The molecule has 1 unspecified atom stereocenters. The van der Waals surface area contributed by atoms with Crippen LogP contribution in [0.4, 0.5) is 11.6 Å². The summed E-state index contributed by atoms with van der Waals surface area (Å²) in [5.41, 5.74) is 3.11. The number of rotatable bonds is 3. The van der Waals surface area contributed by atoms with Gasteiger partial charge in [-0.15, -0.1) is 5.10 Å². The van der Waals surface area contributed by atoms with Crippen LogP contribution in [0.1, 0.15) is 30.9 Å². The van der Waals surface area contributed by atoms with Crippen molar-refractivity contribution in [3.05, 3.63) is 75.7 Å². The summed E-state index contributed by atoms with van der Waals surface area (Å²) < 4.78 is 1.70. The van der Waals surface area contributed by atoms with Gasteiger partial charge < -0.3 is 5.32 Å². The number of carbonyl (C=O) groups is 1. The number of ketones is 1. The summed E-state index contributed by atoms with van der Waals surface area (Å²) in [6.07, 6.45) is 5.51. The molecule has 3 heterocycles. The molecule has 9 heteroatoms. The maximum atomic E-state index is 12.8. The standard InChI is InChI=1S/C20H16N6O3/c27-16-5-1-4-15-17(16)18(13-3-2-10-21-11-13)25-20(22-15)23-19(24-25)12-6-8-14(9-7-12)26(28)29/h2-3,6-11,18H,1,4-5H2,(H,22,23,24). The van der Waals surface area contributed by atoms with Crippen molar-refractivity contribution in [3.8, 4) is 11.4 Å². The van der Waals surface area contributed by atoms with Crippen LogP contribution >= 0.6 is 0 Å². The molecule has 3 aromatic rings. The third-order valence-electron chi connectivity index (χ3n) is 5.20. The van der Waals surface area contributed by atoms with Gasteiger partial charge in [-0.1, -0.05) is 6.07 Å². The molecule has 0 radical (unpaired) electrons. The molecule has 1 aliphatic carbocycles. The Labute approximate surface area is 165 Å². The number of Topliss-reactive ketones (excluding diaryl/α,β-unsaturated/α-hetero) is 1. The van der Waals surface area contributed by atoms with Gasteiger partial charge in [0.2, 0.25) is 5.95 Å². The third kappa shape index (κ3) is 2.87. The van der Waals surface area contributed by atoms with Crippen molar-refractivity contribution >= 4 is 17.4 Å². The average Bonchev–Trinajstić information content (AvgIpc) is 3.17. The third-order valence-corrected chi connectivity index (χ3v) is 5.20. The quantitative estimate of drug-likeness (QED) is 0.541. The number of aromatic nitrogens is 4. The molecule has 0 amide bonds. The fraction of sp³-hybridized carbons (Fsp3) is 0.200. The first-order valence-corrected chi connectivity index (χ1v) is 9.26. The number of nitro benzene ring substituents is 1. The zero-order chi connectivity index (χ0) is 20.0. The highest BCUT2D eigenvalue weighted by atomic mass is 16.6. The van der Waals surface area contributed by atoms with E-state index >= 15 is 0 Å². The molecule has 0 saturated carbocycles. The number of benzene rings is 1. The molecule has 144 valence electrons. The Bertz CT molecular complexity index is 1150. The molecule has 0 saturated heterocycles. The van der Waals surface area contributed by atoms with Gasteiger partial charge in [0, 0.05) is 47.8 Å². The molecule has 1 aliphatic heterocycles. The van der Waals surface area contributed by atoms with E-state index in [9.17, 15) is 14.9 Å². The number of nitrogens with zero attached hydrogens (tertiary/aromatic N) is 5. The van der Waals surface area contributed by atoms with Crippen molar-refractivity contribution in [2.45, 2.75) is 25.3 Å². The van der Waals surface area contributed by atoms with Gasteiger partial charge in [-0.3, -0.25) is 19.9 Å². The smallest absolute Gasteiger partial charge is 0.269 e. The molecule has 2 aliphatic rings. The summed E-state index contributed by atoms with van der Waals surface area (Å²) in [5, 5.41) is 18.8. The lowest BCUT2D eigenvalue weighted by molar-refractivity contribution is -0.384. The second kappa shape index (κ2) is 6.62. The van der Waals surface area contributed by atoms with E-state index in [1.165, 1.54) is 12.1 Å². The highest BCUT2D eigenvalue weighted by molar-refractivity contribution is 5.99. The van der Waals surface area contributed by atoms with Crippen molar-refractivity contribution in [1.29, 1.82) is 0 Å². The van der Waals surface area contributed by atoms with Crippen LogP contribution in [0, 0.1) is 10.1 Å². The van der Waals surface area contributed by atoms with Crippen LogP contribution in [-0.4, -0.2) is 30.5 Å². The Morgan fingerprint density at radius 1 is 1.17 bits per heavy atom. The summed E-state index contributed by atoms with van der Waals surface area (Å²) in [7, 11) is 0. The van der Waals surface area contributed by atoms with Gasteiger partial charge in [0.05, 0.1) is 4.92 Å². The number of hydrogen-bond acceptors (Lipinski definition) is 7. The lowest BCUT2D eigenvalue weighted by Crippen LogP contribution is -2.31. The van der Waals surface area contributed by atoms with Crippen molar-refractivity contribution < 1.29 is 9.72 Å². The number of nitro groups is 1. The monoisotopic (exact) mass is 388 g/mol. The number of non-ortho nitro benzene ring substituents is 1. The molecule has 0 bridgehead atoms. The van der Waals surface area contributed by atoms with Gasteiger partial charge in [0.25, 0.3) is 5.69 Å². The Balaban J connectivity index is 1.62. The number of allylic oxidation sites excluding steroid dienone is 2. The first-order valence-electron chi connectivity index (χ1n) is 9.26. The number of carbonyl (C=O) groups excluding carboxylic acids is 1. The first kappa shape index (κ1) is 17.2. The molecule has 0 spiro atoms. The van der Waals surface area contributed by atoms with Crippen LogP contribution in [0.25, 0.3) is 11.4 Å². The topological polar surface area (TPSA) is 116 Å². The minimum atomic E-state index is -0.445. The van der Waals surface area contributed by atoms with Gasteiger partial charge in [-0.2, -0.15) is 4.98 Å². The van der Waals surface area contributed by atoms with Crippen molar-refractivity contribution in [1.82, 2.24) is 19.7 Å². The van der Waals surface area contributed by atoms with E-state index in [0.717, 1.165) is 24.1 Å². The summed E-state index contributed by atoms with van der Waals surface area (Å²) in [4.78, 5) is 32.0. The van der Waals surface area contributed by atoms with E-state index < -0.39 is 11.0 Å². The fourth-order valence-corrected chi connectivity index (χ4v) is 3.86. The van der Waals surface area contributed by atoms with E-state index in [1.54, 1.807) is 29.2 Å². The normalized spacial score (nSPS) is 18.1. The van der Waals surface area contributed by atoms with E-state index in [2.05, 4.69) is 20.4 Å². The molecule has 5 rings (SSSR count). The Morgan fingerprint density at radius 3 is 2.72 bits per heavy atom. The predicted molar refractivity (Wildman–Crippen MR) is 104 cm³/mol. The molecule has 9 nitrogen and oxygen atoms in total. The van der Waals surface area contributed by atoms with Crippen molar-refractivity contribution in [2.24, 2.45) is 0 Å². The highest BCUT2D eigenvalue weighted by Gasteiger charge is 2.37. The summed E-state index contributed by atoms with van der Waals surface area (Å²) >= 11 is 0. The van der Waals surface area contributed by atoms with Crippen LogP contribution in [0.2, 0.25) is 0 Å². The van der Waals surface area contributed by atoms with E-state index in [0.29, 0.717) is 29.3 Å². The molecule has 1 aromatic carbocycles. The maximum Gasteiger partial charge on any atom is 0.269 e. The molecule has 0 fully saturated rings. The number of pyridine rings is 1. The van der Waals surface area contributed by atoms with Gasteiger partial charge in [-0.05, 0) is 36.6 Å². The summed E-state index contributed by atoms with van der Waals surface area (Å²) in [5.74, 6) is 1.08. The summed E-state index contributed by atoms with van der Waals surface area (Å²) in [6.45, 7) is 0. The molecular weight excluding hydrogens is 372 g/mol. The van der Waals surface area contributed by atoms with Crippen LogP contribution in [-0.2, 0) is 4.79 Å². The minimum Gasteiger partial charge on any atom is -0.328 e. The maximum absolute atomic E-state index is 12.8. The highest BCUT2D eigenvalue weighted by Crippen LogP contribution is 2.40. The first-order chi connectivity index (χ1) is 14.1. The van der Waals surface area contributed by atoms with Crippen molar-refractivity contribution in [3.63, 3.8) is 0 Å². The molecule has 1 N–H and O–H groups in total. The van der Waals surface area contributed by atoms with Crippen molar-refractivity contribution in [2.75, 3.05) is 5.32 Å². The predicted octanol–water partition coefficient (Wildman–Crippen LogP) is 3.27. The van der Waals surface area contributed by atoms with Gasteiger partial charge in [0.15, 0.2) is 11.6 Å². The zero-order valence-corrected chi connectivity index (χ0v) is 15.3. The Morgan fingerprint density at radius 2 is 2.00 bits per heavy atom. The van der Waals surface area contributed by atoms with Crippen LogP contribution < -0.4 is 5.32 Å². The minimum absolute atomic E-state index is 0.00631. The van der Waals surface area contributed by atoms with Crippen LogP contribution in [0.3, 0.4) is 0 Å². The van der Waals surface area contributed by atoms with Crippen LogP contribution in [0.5, 0.6) is 0 Å². The second-order valence-electron chi connectivity index (χ2n) is 6.99. The average molecular weight is 388 g/mol. The SMILES string of the molecule is O=C1CCCC2=C1C(c1cccnc1)n1nc(-c3ccc([N+](=O)[O-])cc3)nc1N2. The Kier molecular flexibility index (Phi) is 3.94. The molecule has 2 aromatic heterocycles. The largest absolute Gasteiger partial charge is 0.328 e. The lowest BCUT2D eigenvalue weighted by Gasteiger charge is -2.31. The number of nitrogens with one attached hydrogen (secondary N) is 1. The van der Waals surface area contributed by atoms with E-state index in [-0.39, 0.29) is 11.5 Å². The van der Waals surface area contributed by atoms with Crippen LogP contribution in [0.15, 0.2) is 60.1 Å². The number of anilines is 1. The van der Waals surface area contributed by atoms with Gasteiger partial charge in [0.1, 0.15) is 6.04 Å². The number of fused-ring (bicyclic) bond motifs is 1. The zero-order valence-electron chi connectivity index (χ0n) is 15.3. The lowest BCUT2D eigenvalue weighted by atomic mass is 9.86. The molecular formula is C20H16N6O3. The van der Waals surface area contributed by atoms with E-state index in [1.807, 2.05) is 12.1 Å². The second-order valence-corrected chi connectivity index (χ2v) is 6.99. The Hall–Kier alpha value is -3.88. The summed E-state index contributed by atoms with van der Waals surface area (Å²) in [6, 6.07) is 9.45. The van der Waals surface area contributed by atoms with Gasteiger partial charge >= 0.3 is 0 Å². The van der Waals surface area contributed by atoms with Gasteiger partial charge in [-0.25, -0.2) is 4.68 Å².